The van der Waals surface area contributed by atoms with Crippen LogP contribution in [0.3, 0.4) is 0 Å². The summed E-state index contributed by atoms with van der Waals surface area (Å²) in [4.78, 5) is 11.5. The molecule has 1 rings (SSSR count). The highest BCUT2D eigenvalue weighted by Gasteiger charge is 2.20. The first kappa shape index (κ1) is 12.9. The normalized spacial score (nSPS) is 12.2. The Morgan fingerprint density at radius 3 is 2.81 bits per heavy atom. The standard InChI is InChI=1S/C11H13ClFNO2/c1-3-16-11(15)10(14-2)7-4-5-9(13)8(12)6-7/h4-6,10,14H,3H2,1-2H3. The lowest BCUT2D eigenvalue weighted by Crippen LogP contribution is -2.27. The Labute approximate surface area is 98.5 Å². The highest BCUT2D eigenvalue weighted by Crippen LogP contribution is 2.21. The van der Waals surface area contributed by atoms with Gasteiger partial charge in [-0.2, -0.15) is 0 Å². The van der Waals surface area contributed by atoms with Crippen molar-refractivity contribution < 1.29 is 13.9 Å². The van der Waals surface area contributed by atoms with Crippen molar-refractivity contribution in [3.8, 4) is 0 Å². The molecule has 1 aromatic rings. The van der Waals surface area contributed by atoms with E-state index in [-0.39, 0.29) is 5.02 Å². The Morgan fingerprint density at radius 1 is 1.62 bits per heavy atom. The molecular weight excluding hydrogens is 233 g/mol. The lowest BCUT2D eigenvalue weighted by Gasteiger charge is -2.15. The van der Waals surface area contributed by atoms with Crippen LogP contribution in [0.4, 0.5) is 4.39 Å². The van der Waals surface area contributed by atoms with Crippen LogP contribution in [0.15, 0.2) is 18.2 Å². The molecule has 0 spiro atoms. The van der Waals surface area contributed by atoms with Gasteiger partial charge >= 0.3 is 5.97 Å². The summed E-state index contributed by atoms with van der Waals surface area (Å²) in [5, 5.41) is 2.78. The maximum atomic E-state index is 12.9. The molecule has 1 atom stereocenters. The van der Waals surface area contributed by atoms with Crippen LogP contribution in [0.5, 0.6) is 0 Å². The zero-order chi connectivity index (χ0) is 12.1. The molecule has 0 aliphatic rings. The number of halogens is 2. The van der Waals surface area contributed by atoms with Gasteiger partial charge in [-0.15, -0.1) is 0 Å². The van der Waals surface area contributed by atoms with Crippen LogP contribution >= 0.6 is 11.6 Å². The van der Waals surface area contributed by atoms with Crippen molar-refractivity contribution >= 4 is 17.6 Å². The van der Waals surface area contributed by atoms with Gasteiger partial charge in [-0.05, 0) is 31.7 Å². The third-order valence-corrected chi connectivity index (χ3v) is 2.38. The first-order chi connectivity index (χ1) is 7.60. The number of hydrogen-bond acceptors (Lipinski definition) is 3. The molecule has 0 amide bonds. The number of benzene rings is 1. The number of rotatable bonds is 4. The Bertz CT molecular complexity index is 384. The average molecular weight is 246 g/mol. The van der Waals surface area contributed by atoms with Crippen molar-refractivity contribution in [3.63, 3.8) is 0 Å². The fourth-order valence-electron chi connectivity index (χ4n) is 1.34. The fourth-order valence-corrected chi connectivity index (χ4v) is 1.53. The number of esters is 1. The molecule has 1 N–H and O–H groups in total. The Balaban J connectivity index is 2.95. The van der Waals surface area contributed by atoms with E-state index in [0.717, 1.165) is 0 Å². The second-order valence-corrected chi connectivity index (χ2v) is 3.55. The molecule has 0 saturated carbocycles. The molecular formula is C11H13ClFNO2. The molecule has 1 aromatic carbocycles. The topological polar surface area (TPSA) is 38.3 Å². The van der Waals surface area contributed by atoms with Gasteiger partial charge in [-0.1, -0.05) is 17.7 Å². The zero-order valence-electron chi connectivity index (χ0n) is 9.09. The number of nitrogens with one attached hydrogen (secondary N) is 1. The van der Waals surface area contributed by atoms with Gasteiger partial charge in [0.15, 0.2) is 0 Å². The maximum absolute atomic E-state index is 12.9. The molecule has 0 aromatic heterocycles. The molecule has 0 radical (unpaired) electrons. The predicted octanol–water partition coefficient (Wildman–Crippen LogP) is 2.30. The van der Waals surface area contributed by atoms with Gasteiger partial charge in [0.25, 0.3) is 0 Å². The lowest BCUT2D eigenvalue weighted by atomic mass is 10.1. The molecule has 3 nitrogen and oxygen atoms in total. The fraction of sp³-hybridized carbons (Fsp3) is 0.364. The molecule has 0 aliphatic heterocycles. The van der Waals surface area contributed by atoms with E-state index in [1.165, 1.54) is 18.2 Å². The molecule has 88 valence electrons. The molecule has 0 saturated heterocycles. The van der Waals surface area contributed by atoms with E-state index >= 15 is 0 Å². The summed E-state index contributed by atoms with van der Waals surface area (Å²) in [5.41, 5.74) is 0.576. The van der Waals surface area contributed by atoms with Crippen LogP contribution < -0.4 is 5.32 Å². The van der Waals surface area contributed by atoms with E-state index < -0.39 is 17.8 Å². The van der Waals surface area contributed by atoms with Crippen molar-refractivity contribution in [2.24, 2.45) is 0 Å². The number of hydrogen-bond donors (Lipinski definition) is 1. The first-order valence-corrected chi connectivity index (χ1v) is 5.26. The molecule has 5 heteroatoms. The Hall–Kier alpha value is -1.13. The third-order valence-electron chi connectivity index (χ3n) is 2.09. The number of carbonyl (C=O) groups is 1. The van der Waals surface area contributed by atoms with Crippen molar-refractivity contribution in [2.45, 2.75) is 13.0 Å². The summed E-state index contributed by atoms with van der Waals surface area (Å²) < 4.78 is 17.8. The van der Waals surface area contributed by atoms with E-state index in [0.29, 0.717) is 12.2 Å². The van der Waals surface area contributed by atoms with E-state index in [4.69, 9.17) is 16.3 Å². The van der Waals surface area contributed by atoms with Crippen molar-refractivity contribution in [1.82, 2.24) is 5.32 Å². The number of ether oxygens (including phenoxy) is 1. The first-order valence-electron chi connectivity index (χ1n) is 4.89. The quantitative estimate of drug-likeness (QED) is 0.828. The highest BCUT2D eigenvalue weighted by atomic mass is 35.5. The number of likely N-dealkylation sites (N-methyl/N-ethyl adjacent to an activating group) is 1. The largest absolute Gasteiger partial charge is 0.465 e. The van der Waals surface area contributed by atoms with Crippen LogP contribution in [-0.4, -0.2) is 19.6 Å². The summed E-state index contributed by atoms with van der Waals surface area (Å²) in [7, 11) is 1.62. The second kappa shape index (κ2) is 5.82. The summed E-state index contributed by atoms with van der Waals surface area (Å²) in [6.07, 6.45) is 0. The van der Waals surface area contributed by atoms with Crippen LogP contribution in [0.1, 0.15) is 18.5 Å². The summed E-state index contributed by atoms with van der Waals surface area (Å²) in [5.74, 6) is -0.920. The van der Waals surface area contributed by atoms with Gasteiger partial charge in [-0.25, -0.2) is 9.18 Å². The van der Waals surface area contributed by atoms with E-state index in [1.807, 2.05) is 0 Å². The van der Waals surface area contributed by atoms with Crippen molar-refractivity contribution in [1.29, 1.82) is 0 Å². The predicted molar refractivity (Wildman–Crippen MR) is 59.8 cm³/mol. The van der Waals surface area contributed by atoms with Crippen LogP contribution in [0.25, 0.3) is 0 Å². The van der Waals surface area contributed by atoms with Crippen LogP contribution in [-0.2, 0) is 9.53 Å². The van der Waals surface area contributed by atoms with E-state index in [1.54, 1.807) is 14.0 Å². The van der Waals surface area contributed by atoms with Gasteiger partial charge < -0.3 is 10.1 Å². The van der Waals surface area contributed by atoms with Gasteiger partial charge in [0.1, 0.15) is 11.9 Å². The summed E-state index contributed by atoms with van der Waals surface area (Å²) in [6, 6.07) is 3.51. The molecule has 0 bridgehead atoms. The Kier molecular flexibility index (Phi) is 4.71. The minimum Gasteiger partial charge on any atom is -0.465 e. The minimum absolute atomic E-state index is 0.0120. The molecule has 0 heterocycles. The van der Waals surface area contributed by atoms with Crippen molar-refractivity contribution in [3.05, 3.63) is 34.6 Å². The SMILES string of the molecule is CCOC(=O)C(NC)c1ccc(F)c(Cl)c1. The molecule has 0 fully saturated rings. The van der Waals surface area contributed by atoms with Gasteiger partial charge in [0.05, 0.1) is 11.6 Å². The lowest BCUT2D eigenvalue weighted by molar-refractivity contribution is -0.145. The smallest absolute Gasteiger partial charge is 0.327 e. The second-order valence-electron chi connectivity index (χ2n) is 3.15. The van der Waals surface area contributed by atoms with Gasteiger partial charge in [0, 0.05) is 0 Å². The minimum atomic E-state index is -0.627. The van der Waals surface area contributed by atoms with E-state index in [2.05, 4.69) is 5.32 Å². The highest BCUT2D eigenvalue weighted by molar-refractivity contribution is 6.30. The maximum Gasteiger partial charge on any atom is 0.327 e. The van der Waals surface area contributed by atoms with E-state index in [9.17, 15) is 9.18 Å². The monoisotopic (exact) mass is 245 g/mol. The van der Waals surface area contributed by atoms with Crippen LogP contribution in [0.2, 0.25) is 5.02 Å². The summed E-state index contributed by atoms with van der Waals surface area (Å²) >= 11 is 5.64. The van der Waals surface area contributed by atoms with Crippen LogP contribution in [0, 0.1) is 5.82 Å². The average Bonchev–Trinajstić information content (AvgIpc) is 2.25. The summed E-state index contributed by atoms with van der Waals surface area (Å²) in [6.45, 7) is 2.02. The van der Waals surface area contributed by atoms with Crippen molar-refractivity contribution in [2.75, 3.05) is 13.7 Å². The van der Waals surface area contributed by atoms with Gasteiger partial charge in [0.2, 0.25) is 0 Å². The zero-order valence-corrected chi connectivity index (χ0v) is 9.84. The molecule has 0 aliphatic carbocycles. The Morgan fingerprint density at radius 2 is 2.31 bits per heavy atom. The molecule has 16 heavy (non-hydrogen) atoms. The number of carbonyl (C=O) groups excluding carboxylic acids is 1. The molecule has 1 unspecified atom stereocenters. The van der Waals surface area contributed by atoms with Gasteiger partial charge in [-0.3, -0.25) is 0 Å². The third kappa shape index (κ3) is 2.93.